The van der Waals surface area contributed by atoms with Gasteiger partial charge in [-0.25, -0.2) is 9.59 Å². The minimum Gasteiger partial charge on any atom is -0.466 e. The van der Waals surface area contributed by atoms with Gasteiger partial charge in [0.25, 0.3) is 0 Å². The molecule has 10 heteroatoms. The zero-order chi connectivity index (χ0) is 18.8. The Labute approximate surface area is 154 Å². The van der Waals surface area contributed by atoms with Gasteiger partial charge in [-0.3, -0.25) is 0 Å². The normalized spacial score (nSPS) is 15.2. The minimum atomic E-state index is -4.49. The molecule has 1 aliphatic heterocycles. The highest BCUT2D eigenvalue weighted by atomic mass is 127. The van der Waals surface area contributed by atoms with Crippen LogP contribution in [-0.2, 0) is 30.0 Å². The van der Waals surface area contributed by atoms with Gasteiger partial charge in [0, 0.05) is 9.26 Å². The Hall–Kier alpha value is -1.82. The summed E-state index contributed by atoms with van der Waals surface area (Å²) in [4.78, 5) is 25.3. The van der Waals surface area contributed by atoms with Gasteiger partial charge in [0.05, 0.1) is 32.0 Å². The van der Waals surface area contributed by atoms with E-state index >= 15 is 0 Å². The summed E-state index contributed by atoms with van der Waals surface area (Å²) >= 11 is 1.56. The van der Waals surface area contributed by atoms with Crippen molar-refractivity contribution in [3.63, 3.8) is 0 Å². The number of hydrogen-bond donors (Lipinski definition) is 0. The quantitative estimate of drug-likeness (QED) is 0.499. The number of alkyl halides is 3. The molecule has 0 radical (unpaired) electrons. The molecule has 0 saturated carbocycles. The smallest absolute Gasteiger partial charge is 0.417 e. The van der Waals surface area contributed by atoms with E-state index in [2.05, 4.69) is 4.74 Å². The molecule has 0 fully saturated rings. The highest BCUT2D eigenvalue weighted by Crippen LogP contribution is 2.36. The summed E-state index contributed by atoms with van der Waals surface area (Å²) in [5.74, 6) is -1.61. The van der Waals surface area contributed by atoms with Crippen molar-refractivity contribution >= 4 is 40.2 Å². The van der Waals surface area contributed by atoms with Crippen LogP contribution in [0.3, 0.4) is 0 Å². The van der Waals surface area contributed by atoms with Gasteiger partial charge in [-0.2, -0.15) is 13.2 Å². The fraction of sp³-hybridized carbons (Fsp3) is 0.333. The summed E-state index contributed by atoms with van der Waals surface area (Å²) < 4.78 is 53.3. The lowest BCUT2D eigenvalue weighted by atomic mass is 10.1. The number of anilines is 1. The SMILES string of the molecule is COC(=O)C1=C(C(=O)OC)N(c2ccc(C(F)(F)F)c(I)c2)COC1. The second-order valence-electron chi connectivity index (χ2n) is 4.88. The van der Waals surface area contributed by atoms with Crippen LogP contribution in [0.4, 0.5) is 18.9 Å². The first-order chi connectivity index (χ1) is 11.7. The number of rotatable bonds is 3. The van der Waals surface area contributed by atoms with E-state index in [0.717, 1.165) is 20.3 Å². The molecule has 0 amide bonds. The monoisotopic (exact) mass is 471 g/mol. The molecule has 1 aromatic rings. The van der Waals surface area contributed by atoms with Crippen molar-refractivity contribution in [3.05, 3.63) is 38.6 Å². The van der Waals surface area contributed by atoms with Crippen LogP contribution in [-0.4, -0.2) is 39.5 Å². The van der Waals surface area contributed by atoms with Gasteiger partial charge in [0.1, 0.15) is 12.4 Å². The molecular formula is C15H13F3INO5. The molecule has 0 saturated heterocycles. The molecule has 0 aromatic heterocycles. The van der Waals surface area contributed by atoms with E-state index in [1.165, 1.54) is 17.0 Å². The van der Waals surface area contributed by atoms with Crippen LogP contribution in [0.2, 0.25) is 0 Å². The minimum absolute atomic E-state index is 0.0583. The summed E-state index contributed by atoms with van der Waals surface area (Å²) in [5.41, 5.74) is -0.753. The van der Waals surface area contributed by atoms with Gasteiger partial charge in [-0.15, -0.1) is 0 Å². The van der Waals surface area contributed by atoms with E-state index in [1.807, 2.05) is 0 Å². The molecule has 0 aliphatic carbocycles. The molecule has 1 aliphatic rings. The summed E-state index contributed by atoms with van der Waals surface area (Å²) in [6.45, 7) is -0.308. The highest BCUT2D eigenvalue weighted by Gasteiger charge is 2.35. The predicted molar refractivity (Wildman–Crippen MR) is 88.5 cm³/mol. The number of methoxy groups -OCH3 is 2. The van der Waals surface area contributed by atoms with Crippen molar-refractivity contribution in [1.29, 1.82) is 0 Å². The van der Waals surface area contributed by atoms with Gasteiger partial charge in [0.2, 0.25) is 0 Å². The summed E-state index contributed by atoms with van der Waals surface area (Å²) in [7, 11) is 2.28. The van der Waals surface area contributed by atoms with Crippen molar-refractivity contribution in [2.75, 3.05) is 32.5 Å². The third kappa shape index (κ3) is 4.06. The standard InChI is InChI=1S/C15H13F3INO5/c1-23-13(21)9-6-25-7-20(12(9)14(22)24-2)8-3-4-10(11(19)5-8)15(16,17)18/h3-5H,6-7H2,1-2H3. The van der Waals surface area contributed by atoms with Gasteiger partial charge >= 0.3 is 18.1 Å². The summed E-state index contributed by atoms with van der Waals surface area (Å²) in [6, 6.07) is 3.34. The number of carbonyl (C=O) groups excluding carboxylic acids is 2. The fourth-order valence-electron chi connectivity index (χ4n) is 2.25. The second-order valence-corrected chi connectivity index (χ2v) is 6.04. The number of benzene rings is 1. The molecule has 1 heterocycles. The second kappa shape index (κ2) is 7.60. The van der Waals surface area contributed by atoms with Gasteiger partial charge in [-0.05, 0) is 40.8 Å². The molecule has 136 valence electrons. The van der Waals surface area contributed by atoms with Crippen molar-refractivity contribution in [1.82, 2.24) is 0 Å². The highest BCUT2D eigenvalue weighted by molar-refractivity contribution is 14.1. The molecule has 0 spiro atoms. The molecule has 2 rings (SSSR count). The van der Waals surface area contributed by atoms with E-state index in [0.29, 0.717) is 0 Å². The van der Waals surface area contributed by atoms with Crippen LogP contribution in [0.5, 0.6) is 0 Å². The summed E-state index contributed by atoms with van der Waals surface area (Å²) in [5, 5.41) is 0. The zero-order valence-corrected chi connectivity index (χ0v) is 15.3. The first-order valence-electron chi connectivity index (χ1n) is 6.82. The third-order valence-corrected chi connectivity index (χ3v) is 4.30. The maximum absolute atomic E-state index is 12.9. The number of halogens is 4. The van der Waals surface area contributed by atoms with Crippen molar-refractivity contribution in [2.45, 2.75) is 6.18 Å². The maximum atomic E-state index is 12.9. The van der Waals surface area contributed by atoms with E-state index in [1.54, 1.807) is 22.6 Å². The topological polar surface area (TPSA) is 65.1 Å². The molecule has 0 atom stereocenters. The Morgan fingerprint density at radius 2 is 1.84 bits per heavy atom. The van der Waals surface area contributed by atoms with Crippen molar-refractivity contribution in [3.8, 4) is 0 Å². The van der Waals surface area contributed by atoms with E-state index in [-0.39, 0.29) is 33.9 Å². The number of hydrogen-bond acceptors (Lipinski definition) is 6. The van der Waals surface area contributed by atoms with E-state index in [4.69, 9.17) is 9.47 Å². The predicted octanol–water partition coefficient (Wildman–Crippen LogP) is 2.70. The first kappa shape index (κ1) is 19.5. The lowest BCUT2D eigenvalue weighted by Crippen LogP contribution is -2.38. The average Bonchev–Trinajstić information content (AvgIpc) is 2.58. The fourth-order valence-corrected chi connectivity index (χ4v) is 3.05. The Kier molecular flexibility index (Phi) is 5.93. The summed E-state index contributed by atoms with van der Waals surface area (Å²) in [6.07, 6.45) is -4.49. The van der Waals surface area contributed by atoms with Crippen molar-refractivity contribution < 1.29 is 37.0 Å². The van der Waals surface area contributed by atoms with Crippen molar-refractivity contribution in [2.24, 2.45) is 0 Å². The molecule has 6 nitrogen and oxygen atoms in total. The molecule has 0 bridgehead atoms. The molecule has 25 heavy (non-hydrogen) atoms. The lowest BCUT2D eigenvalue weighted by Gasteiger charge is -2.31. The Balaban J connectivity index is 2.54. The zero-order valence-electron chi connectivity index (χ0n) is 13.1. The third-order valence-electron chi connectivity index (χ3n) is 3.40. The maximum Gasteiger partial charge on any atom is 0.417 e. The Morgan fingerprint density at radius 3 is 2.36 bits per heavy atom. The molecule has 0 unspecified atom stereocenters. The van der Waals surface area contributed by atoms with Crippen LogP contribution < -0.4 is 4.90 Å². The average molecular weight is 471 g/mol. The largest absolute Gasteiger partial charge is 0.466 e. The van der Waals surface area contributed by atoms with E-state index in [9.17, 15) is 22.8 Å². The number of esters is 2. The van der Waals surface area contributed by atoms with Crippen LogP contribution in [0.15, 0.2) is 29.5 Å². The lowest BCUT2D eigenvalue weighted by molar-refractivity contribution is -0.140. The van der Waals surface area contributed by atoms with Crippen LogP contribution in [0, 0.1) is 3.57 Å². The van der Waals surface area contributed by atoms with Gasteiger partial charge in [0.15, 0.2) is 0 Å². The Bertz CT molecular complexity index is 732. The molecular weight excluding hydrogens is 458 g/mol. The van der Waals surface area contributed by atoms with Gasteiger partial charge in [-0.1, -0.05) is 0 Å². The number of nitrogens with zero attached hydrogens (tertiary/aromatic N) is 1. The van der Waals surface area contributed by atoms with E-state index < -0.39 is 23.7 Å². The van der Waals surface area contributed by atoms with Crippen LogP contribution in [0.25, 0.3) is 0 Å². The van der Waals surface area contributed by atoms with Crippen LogP contribution >= 0.6 is 22.6 Å². The number of ether oxygens (including phenoxy) is 3. The molecule has 1 aromatic carbocycles. The first-order valence-corrected chi connectivity index (χ1v) is 7.90. The number of carbonyl (C=O) groups is 2. The van der Waals surface area contributed by atoms with Gasteiger partial charge < -0.3 is 19.1 Å². The van der Waals surface area contributed by atoms with Crippen LogP contribution in [0.1, 0.15) is 5.56 Å². The molecule has 0 N–H and O–H groups in total. The Morgan fingerprint density at radius 1 is 1.20 bits per heavy atom.